The number of hydrogen-bond acceptors (Lipinski definition) is 2. The number of Topliss-reactive ketones (excluding diaryl/α,β-unsaturated/α-hetero) is 1. The van der Waals surface area contributed by atoms with E-state index in [1.165, 1.54) is 31.4 Å². The van der Waals surface area contributed by atoms with Gasteiger partial charge in [0.2, 0.25) is 0 Å². The standard InChI is InChI=1S/C15H12ClFO2/c1-19-15-7-4-12(16)8-11(15)9-14(18)10-2-5-13(17)6-3-10/h2-8H,9H2,1H3. The van der Waals surface area contributed by atoms with Crippen molar-refractivity contribution in [1.82, 2.24) is 0 Å². The number of rotatable bonds is 4. The zero-order valence-corrected chi connectivity index (χ0v) is 11.1. The van der Waals surface area contributed by atoms with Crippen LogP contribution in [0.5, 0.6) is 5.75 Å². The van der Waals surface area contributed by atoms with Crippen LogP contribution in [0.4, 0.5) is 4.39 Å². The second kappa shape index (κ2) is 5.85. The number of ether oxygens (including phenoxy) is 1. The highest BCUT2D eigenvalue weighted by Gasteiger charge is 2.11. The van der Waals surface area contributed by atoms with Gasteiger partial charge in [-0.05, 0) is 42.5 Å². The molecule has 0 fully saturated rings. The Hall–Kier alpha value is -1.87. The lowest BCUT2D eigenvalue weighted by atomic mass is 10.0. The summed E-state index contributed by atoms with van der Waals surface area (Å²) in [5.74, 6) is 0.136. The Kier molecular flexibility index (Phi) is 4.17. The summed E-state index contributed by atoms with van der Waals surface area (Å²) in [6.45, 7) is 0. The van der Waals surface area contributed by atoms with Gasteiger partial charge in [0.1, 0.15) is 11.6 Å². The van der Waals surface area contributed by atoms with E-state index in [-0.39, 0.29) is 18.0 Å². The Balaban J connectivity index is 2.23. The van der Waals surface area contributed by atoms with Crippen molar-refractivity contribution in [3.05, 3.63) is 64.4 Å². The van der Waals surface area contributed by atoms with Gasteiger partial charge in [-0.25, -0.2) is 4.39 Å². The van der Waals surface area contributed by atoms with Crippen molar-refractivity contribution in [2.24, 2.45) is 0 Å². The summed E-state index contributed by atoms with van der Waals surface area (Å²) < 4.78 is 18.0. The molecule has 4 heteroatoms. The molecule has 0 spiro atoms. The molecule has 2 aromatic rings. The van der Waals surface area contributed by atoms with Crippen LogP contribution in [-0.4, -0.2) is 12.9 Å². The average molecular weight is 279 g/mol. The van der Waals surface area contributed by atoms with Gasteiger partial charge >= 0.3 is 0 Å². The van der Waals surface area contributed by atoms with Crippen molar-refractivity contribution in [2.75, 3.05) is 7.11 Å². The zero-order valence-electron chi connectivity index (χ0n) is 10.3. The number of carbonyl (C=O) groups is 1. The fourth-order valence-electron chi connectivity index (χ4n) is 1.80. The Morgan fingerprint density at radius 1 is 1.21 bits per heavy atom. The van der Waals surface area contributed by atoms with Gasteiger partial charge in [-0.1, -0.05) is 11.6 Å². The number of halogens is 2. The van der Waals surface area contributed by atoms with Crippen molar-refractivity contribution in [3.8, 4) is 5.75 Å². The first-order valence-electron chi connectivity index (χ1n) is 5.71. The second-order valence-corrected chi connectivity index (χ2v) is 4.50. The molecule has 0 N–H and O–H groups in total. The van der Waals surface area contributed by atoms with Crippen LogP contribution in [0, 0.1) is 5.82 Å². The van der Waals surface area contributed by atoms with Gasteiger partial charge in [0.05, 0.1) is 7.11 Å². The molecular formula is C15H12ClFO2. The van der Waals surface area contributed by atoms with Crippen LogP contribution in [0.25, 0.3) is 0 Å². The van der Waals surface area contributed by atoms with E-state index in [9.17, 15) is 9.18 Å². The van der Waals surface area contributed by atoms with Crippen LogP contribution in [-0.2, 0) is 6.42 Å². The lowest BCUT2D eigenvalue weighted by molar-refractivity contribution is 0.0992. The van der Waals surface area contributed by atoms with E-state index in [0.717, 1.165) is 0 Å². The van der Waals surface area contributed by atoms with E-state index in [4.69, 9.17) is 16.3 Å². The number of methoxy groups -OCH3 is 1. The van der Waals surface area contributed by atoms with Gasteiger partial charge in [0.15, 0.2) is 5.78 Å². The highest BCUT2D eigenvalue weighted by molar-refractivity contribution is 6.30. The summed E-state index contributed by atoms with van der Waals surface area (Å²) >= 11 is 5.91. The first-order chi connectivity index (χ1) is 9.10. The molecule has 0 radical (unpaired) electrons. The van der Waals surface area contributed by atoms with Crippen LogP contribution in [0.3, 0.4) is 0 Å². The topological polar surface area (TPSA) is 26.3 Å². The van der Waals surface area contributed by atoms with Gasteiger partial charge in [0, 0.05) is 22.6 Å². The minimum atomic E-state index is -0.364. The fraction of sp³-hybridized carbons (Fsp3) is 0.133. The number of ketones is 1. The predicted octanol–water partition coefficient (Wildman–Crippen LogP) is 3.91. The second-order valence-electron chi connectivity index (χ2n) is 4.06. The predicted molar refractivity (Wildman–Crippen MR) is 72.4 cm³/mol. The van der Waals surface area contributed by atoms with Gasteiger partial charge in [-0.2, -0.15) is 0 Å². The highest BCUT2D eigenvalue weighted by atomic mass is 35.5. The summed E-state index contributed by atoms with van der Waals surface area (Å²) in [5, 5.41) is 0.544. The van der Waals surface area contributed by atoms with Crippen LogP contribution in [0.2, 0.25) is 5.02 Å². The normalized spacial score (nSPS) is 10.3. The van der Waals surface area contributed by atoms with Crippen molar-refractivity contribution >= 4 is 17.4 Å². The van der Waals surface area contributed by atoms with Crippen molar-refractivity contribution in [3.63, 3.8) is 0 Å². The summed E-state index contributed by atoms with van der Waals surface area (Å²) in [7, 11) is 1.54. The molecule has 0 aliphatic carbocycles. The van der Waals surface area contributed by atoms with Crippen molar-refractivity contribution < 1.29 is 13.9 Å². The zero-order chi connectivity index (χ0) is 13.8. The molecule has 0 amide bonds. The van der Waals surface area contributed by atoms with E-state index < -0.39 is 0 Å². The van der Waals surface area contributed by atoms with Crippen LogP contribution in [0.15, 0.2) is 42.5 Å². The molecule has 2 aromatic carbocycles. The smallest absolute Gasteiger partial charge is 0.167 e. The average Bonchev–Trinajstić information content (AvgIpc) is 2.39. The minimum Gasteiger partial charge on any atom is -0.496 e. The molecule has 0 saturated heterocycles. The molecule has 0 bridgehead atoms. The molecule has 0 aliphatic heterocycles. The summed E-state index contributed by atoms with van der Waals surface area (Å²) in [5.41, 5.74) is 1.17. The van der Waals surface area contributed by atoms with E-state index >= 15 is 0 Å². The summed E-state index contributed by atoms with van der Waals surface area (Å²) in [6, 6.07) is 10.6. The van der Waals surface area contributed by atoms with Gasteiger partial charge in [0.25, 0.3) is 0 Å². The van der Waals surface area contributed by atoms with Crippen molar-refractivity contribution in [1.29, 1.82) is 0 Å². The van der Waals surface area contributed by atoms with Gasteiger partial charge in [-0.3, -0.25) is 4.79 Å². The molecule has 98 valence electrons. The van der Waals surface area contributed by atoms with E-state index in [1.807, 2.05) is 0 Å². The summed E-state index contributed by atoms with van der Waals surface area (Å²) in [6.07, 6.45) is 0.162. The minimum absolute atomic E-state index is 0.111. The maximum atomic E-state index is 12.8. The molecule has 0 atom stereocenters. The van der Waals surface area contributed by atoms with Gasteiger partial charge < -0.3 is 4.74 Å². The third-order valence-corrected chi connectivity index (χ3v) is 2.99. The Morgan fingerprint density at radius 3 is 2.53 bits per heavy atom. The first kappa shape index (κ1) is 13.6. The Morgan fingerprint density at radius 2 is 1.89 bits per heavy atom. The lowest BCUT2D eigenvalue weighted by Crippen LogP contribution is -2.05. The third kappa shape index (κ3) is 3.32. The number of carbonyl (C=O) groups excluding carboxylic acids is 1. The Bertz CT molecular complexity index is 594. The molecule has 0 heterocycles. The largest absolute Gasteiger partial charge is 0.496 e. The molecule has 2 nitrogen and oxygen atoms in total. The van der Waals surface area contributed by atoms with Crippen LogP contribution < -0.4 is 4.74 Å². The van der Waals surface area contributed by atoms with E-state index in [1.54, 1.807) is 18.2 Å². The molecule has 19 heavy (non-hydrogen) atoms. The van der Waals surface area contributed by atoms with E-state index in [2.05, 4.69) is 0 Å². The number of benzene rings is 2. The number of hydrogen-bond donors (Lipinski definition) is 0. The Labute approximate surface area is 115 Å². The molecule has 0 aliphatic rings. The fourth-order valence-corrected chi connectivity index (χ4v) is 1.99. The molecule has 2 rings (SSSR count). The monoisotopic (exact) mass is 278 g/mol. The SMILES string of the molecule is COc1ccc(Cl)cc1CC(=O)c1ccc(F)cc1. The maximum absolute atomic E-state index is 12.8. The molecular weight excluding hydrogens is 267 g/mol. The van der Waals surface area contributed by atoms with Crippen molar-refractivity contribution in [2.45, 2.75) is 6.42 Å². The highest BCUT2D eigenvalue weighted by Crippen LogP contribution is 2.24. The van der Waals surface area contributed by atoms with Crippen LogP contribution >= 0.6 is 11.6 Å². The maximum Gasteiger partial charge on any atom is 0.167 e. The lowest BCUT2D eigenvalue weighted by Gasteiger charge is -2.08. The molecule has 0 unspecified atom stereocenters. The molecule has 0 aromatic heterocycles. The third-order valence-electron chi connectivity index (χ3n) is 2.76. The first-order valence-corrected chi connectivity index (χ1v) is 6.09. The van der Waals surface area contributed by atoms with E-state index in [0.29, 0.717) is 21.9 Å². The molecule has 0 saturated carbocycles. The quantitative estimate of drug-likeness (QED) is 0.793. The summed E-state index contributed by atoms with van der Waals surface area (Å²) in [4.78, 5) is 12.1. The van der Waals surface area contributed by atoms with Crippen LogP contribution in [0.1, 0.15) is 15.9 Å². The van der Waals surface area contributed by atoms with Gasteiger partial charge in [-0.15, -0.1) is 0 Å².